The van der Waals surface area contributed by atoms with E-state index >= 15 is 0 Å². The molecule has 0 aliphatic heterocycles. The van der Waals surface area contributed by atoms with E-state index in [2.05, 4.69) is 18.2 Å². The van der Waals surface area contributed by atoms with E-state index in [1.165, 1.54) is 62.5 Å². The monoisotopic (exact) mass is 259 g/mol. The van der Waals surface area contributed by atoms with Gasteiger partial charge in [-0.15, -0.1) is 0 Å². The molecule has 1 aromatic carbocycles. The first kappa shape index (κ1) is 13.0. The Hall–Kier alpha value is -1.02. The number of hydrogen-bond donors (Lipinski definition) is 1. The quantitative estimate of drug-likeness (QED) is 0.898. The van der Waals surface area contributed by atoms with Crippen LogP contribution in [0.3, 0.4) is 0 Å². The Labute approximate surface area is 116 Å². The maximum absolute atomic E-state index is 6.20. The summed E-state index contributed by atoms with van der Waals surface area (Å²) in [5.74, 6) is 1.12. The van der Waals surface area contributed by atoms with Gasteiger partial charge < -0.3 is 10.5 Å². The van der Waals surface area contributed by atoms with Crippen LogP contribution in [0.2, 0.25) is 0 Å². The minimum absolute atomic E-state index is 0.247. The van der Waals surface area contributed by atoms with Crippen molar-refractivity contribution in [2.24, 2.45) is 11.1 Å². The Balaban J connectivity index is 1.73. The van der Waals surface area contributed by atoms with Crippen LogP contribution in [0.1, 0.15) is 49.7 Å². The van der Waals surface area contributed by atoms with Crippen molar-refractivity contribution in [1.29, 1.82) is 0 Å². The third kappa shape index (κ3) is 2.64. The van der Waals surface area contributed by atoms with E-state index in [0.29, 0.717) is 0 Å². The molecule has 0 atom stereocenters. The lowest BCUT2D eigenvalue weighted by atomic mass is 9.87. The molecule has 2 heteroatoms. The highest BCUT2D eigenvalue weighted by molar-refractivity contribution is 5.41. The van der Waals surface area contributed by atoms with Gasteiger partial charge in [0.1, 0.15) is 5.75 Å². The summed E-state index contributed by atoms with van der Waals surface area (Å²) in [7, 11) is 0. The molecule has 0 spiro atoms. The lowest BCUT2D eigenvalue weighted by molar-refractivity contribution is 0.155. The zero-order valence-electron chi connectivity index (χ0n) is 11.8. The van der Waals surface area contributed by atoms with Gasteiger partial charge in [-0.05, 0) is 55.7 Å². The summed E-state index contributed by atoms with van der Waals surface area (Å²) in [4.78, 5) is 0. The van der Waals surface area contributed by atoms with Crippen LogP contribution in [0, 0.1) is 5.41 Å². The molecule has 0 bridgehead atoms. The second-order valence-electron chi connectivity index (χ2n) is 6.30. The van der Waals surface area contributed by atoms with Crippen molar-refractivity contribution < 1.29 is 4.74 Å². The van der Waals surface area contributed by atoms with E-state index in [0.717, 1.165) is 18.9 Å². The van der Waals surface area contributed by atoms with Gasteiger partial charge in [0, 0.05) is 12.0 Å². The summed E-state index contributed by atoms with van der Waals surface area (Å²) < 4.78 is 6.20. The Kier molecular flexibility index (Phi) is 3.79. The number of ether oxygens (including phenoxy) is 1. The van der Waals surface area contributed by atoms with Crippen LogP contribution in [0.4, 0.5) is 0 Å². The zero-order chi connectivity index (χ0) is 13.1. The predicted molar refractivity (Wildman–Crippen MR) is 78.5 cm³/mol. The molecule has 0 radical (unpaired) electrons. The molecule has 2 aliphatic carbocycles. The van der Waals surface area contributed by atoms with Crippen molar-refractivity contribution in [1.82, 2.24) is 0 Å². The van der Waals surface area contributed by atoms with Gasteiger partial charge in [-0.25, -0.2) is 0 Å². The molecule has 0 saturated heterocycles. The summed E-state index contributed by atoms with van der Waals surface area (Å²) in [5.41, 5.74) is 9.19. The van der Waals surface area contributed by atoms with Crippen molar-refractivity contribution in [3.8, 4) is 5.75 Å². The van der Waals surface area contributed by atoms with E-state index in [-0.39, 0.29) is 5.41 Å². The standard InChI is InChI=1S/C17H25NO/c18-12-17(10-3-4-11-17)13-19-16-9-5-7-14-6-1-2-8-15(14)16/h5,7,9H,1-4,6,8,10-13,18H2. The average molecular weight is 259 g/mol. The summed E-state index contributed by atoms with van der Waals surface area (Å²) in [5, 5.41) is 0. The van der Waals surface area contributed by atoms with Crippen molar-refractivity contribution in [2.75, 3.05) is 13.2 Å². The molecule has 104 valence electrons. The second kappa shape index (κ2) is 5.54. The molecule has 2 N–H and O–H groups in total. The maximum Gasteiger partial charge on any atom is 0.122 e. The van der Waals surface area contributed by atoms with Gasteiger partial charge in [-0.2, -0.15) is 0 Å². The number of hydrogen-bond acceptors (Lipinski definition) is 2. The summed E-state index contributed by atoms with van der Waals surface area (Å²) in [6, 6.07) is 6.54. The normalized spacial score (nSPS) is 21.1. The first-order chi connectivity index (χ1) is 9.33. The summed E-state index contributed by atoms with van der Waals surface area (Å²) in [6.45, 7) is 1.57. The summed E-state index contributed by atoms with van der Waals surface area (Å²) in [6.07, 6.45) is 10.1. The molecule has 1 fully saturated rings. The Morgan fingerprint density at radius 3 is 2.63 bits per heavy atom. The van der Waals surface area contributed by atoms with Crippen LogP contribution in [0.5, 0.6) is 5.75 Å². The van der Waals surface area contributed by atoms with E-state index in [4.69, 9.17) is 10.5 Å². The molecule has 3 rings (SSSR count). The molecule has 19 heavy (non-hydrogen) atoms. The number of fused-ring (bicyclic) bond motifs is 1. The molecule has 2 aliphatic rings. The second-order valence-corrected chi connectivity index (χ2v) is 6.30. The first-order valence-corrected chi connectivity index (χ1v) is 7.77. The Morgan fingerprint density at radius 1 is 1.05 bits per heavy atom. The third-order valence-corrected chi connectivity index (χ3v) is 4.98. The van der Waals surface area contributed by atoms with Gasteiger partial charge in [0.25, 0.3) is 0 Å². The smallest absolute Gasteiger partial charge is 0.122 e. The molecule has 0 unspecified atom stereocenters. The van der Waals surface area contributed by atoms with Crippen LogP contribution >= 0.6 is 0 Å². The van der Waals surface area contributed by atoms with Crippen molar-refractivity contribution in [3.05, 3.63) is 29.3 Å². The molecule has 0 aromatic heterocycles. The largest absolute Gasteiger partial charge is 0.493 e. The highest BCUT2D eigenvalue weighted by atomic mass is 16.5. The minimum atomic E-state index is 0.247. The lowest BCUT2D eigenvalue weighted by Crippen LogP contribution is -2.33. The van der Waals surface area contributed by atoms with Crippen LogP contribution in [0.25, 0.3) is 0 Å². The number of rotatable bonds is 4. The van der Waals surface area contributed by atoms with Gasteiger partial charge in [-0.3, -0.25) is 0 Å². The van der Waals surface area contributed by atoms with Gasteiger partial charge in [0.15, 0.2) is 0 Å². The van der Waals surface area contributed by atoms with E-state index in [1.54, 1.807) is 0 Å². The molecule has 0 amide bonds. The molecule has 1 aromatic rings. The van der Waals surface area contributed by atoms with Crippen LogP contribution in [-0.2, 0) is 12.8 Å². The van der Waals surface area contributed by atoms with Crippen LogP contribution in [0.15, 0.2) is 18.2 Å². The molecule has 1 saturated carbocycles. The fraction of sp³-hybridized carbons (Fsp3) is 0.647. The molecular formula is C17H25NO. The maximum atomic E-state index is 6.20. The Bertz CT molecular complexity index is 435. The highest BCUT2D eigenvalue weighted by Gasteiger charge is 2.33. The SMILES string of the molecule is NCC1(COc2cccc3c2CCCC3)CCCC1. The average Bonchev–Trinajstić information content (AvgIpc) is 2.94. The first-order valence-electron chi connectivity index (χ1n) is 7.77. The predicted octanol–water partition coefficient (Wildman–Crippen LogP) is 3.46. The highest BCUT2D eigenvalue weighted by Crippen LogP contribution is 2.38. The third-order valence-electron chi connectivity index (χ3n) is 4.98. The van der Waals surface area contributed by atoms with Gasteiger partial charge in [0.05, 0.1) is 6.61 Å². The molecular weight excluding hydrogens is 234 g/mol. The number of aryl methyl sites for hydroxylation is 1. The van der Waals surface area contributed by atoms with Crippen LogP contribution in [-0.4, -0.2) is 13.2 Å². The van der Waals surface area contributed by atoms with E-state index in [9.17, 15) is 0 Å². The van der Waals surface area contributed by atoms with Gasteiger partial charge >= 0.3 is 0 Å². The van der Waals surface area contributed by atoms with Crippen molar-refractivity contribution >= 4 is 0 Å². The number of benzene rings is 1. The van der Waals surface area contributed by atoms with Crippen molar-refractivity contribution in [3.63, 3.8) is 0 Å². The molecule has 2 nitrogen and oxygen atoms in total. The van der Waals surface area contributed by atoms with Crippen LogP contribution < -0.4 is 10.5 Å². The van der Waals surface area contributed by atoms with E-state index in [1.807, 2.05) is 0 Å². The molecule has 0 heterocycles. The van der Waals surface area contributed by atoms with Crippen molar-refractivity contribution in [2.45, 2.75) is 51.4 Å². The Morgan fingerprint density at radius 2 is 1.84 bits per heavy atom. The fourth-order valence-electron chi connectivity index (χ4n) is 3.64. The summed E-state index contributed by atoms with van der Waals surface area (Å²) >= 11 is 0. The zero-order valence-corrected chi connectivity index (χ0v) is 11.8. The fourth-order valence-corrected chi connectivity index (χ4v) is 3.64. The van der Waals surface area contributed by atoms with Gasteiger partial charge in [-0.1, -0.05) is 25.0 Å². The van der Waals surface area contributed by atoms with Gasteiger partial charge in [0.2, 0.25) is 0 Å². The minimum Gasteiger partial charge on any atom is -0.493 e. The number of nitrogens with two attached hydrogens (primary N) is 1. The van der Waals surface area contributed by atoms with E-state index < -0.39 is 0 Å². The lowest BCUT2D eigenvalue weighted by Gasteiger charge is -2.28. The topological polar surface area (TPSA) is 35.2 Å².